The maximum absolute atomic E-state index is 5.59. The molecule has 1 aromatic rings. The first-order valence-corrected chi connectivity index (χ1v) is 6.77. The summed E-state index contributed by atoms with van der Waals surface area (Å²) in [5.41, 5.74) is 0.670. The molecule has 0 aliphatic carbocycles. The Morgan fingerprint density at radius 3 is 2.50 bits per heavy atom. The molecule has 0 aromatic carbocycles. The number of aryl methyl sites for hydroxylation is 1. The van der Waals surface area contributed by atoms with E-state index in [0.29, 0.717) is 0 Å². The van der Waals surface area contributed by atoms with Gasteiger partial charge in [0.25, 0.3) is 0 Å². The summed E-state index contributed by atoms with van der Waals surface area (Å²) in [4.78, 5) is 9.21. The predicted molar refractivity (Wildman–Crippen MR) is 74.8 cm³/mol. The number of hydrogen-bond acceptors (Lipinski definition) is 4. The van der Waals surface area contributed by atoms with Crippen LogP contribution in [0.15, 0.2) is 6.07 Å². The summed E-state index contributed by atoms with van der Waals surface area (Å²) in [7, 11) is 1.71. The highest BCUT2D eigenvalue weighted by Crippen LogP contribution is 2.26. The van der Waals surface area contributed by atoms with Gasteiger partial charge in [-0.2, -0.15) is 0 Å². The molecule has 0 saturated heterocycles. The van der Waals surface area contributed by atoms with E-state index in [1.807, 2.05) is 13.0 Å². The molecule has 0 fully saturated rings. The van der Waals surface area contributed by atoms with Crippen molar-refractivity contribution in [2.24, 2.45) is 0 Å². The fraction of sp³-hybridized carbons (Fsp3) is 0.714. The number of nitrogens with zero attached hydrogens (tertiary/aromatic N) is 2. The normalized spacial score (nSPS) is 14.3. The van der Waals surface area contributed by atoms with Crippen LogP contribution in [0.25, 0.3) is 0 Å². The standard InChI is InChI=1S/C14H25N3O/c1-6-9-11-10-12(15-8-3)17-13(16-11)14(4,7-2)18-5/h10H,6-9H2,1-5H3,(H,15,16,17). The number of hydrogen-bond donors (Lipinski definition) is 1. The zero-order chi connectivity index (χ0) is 13.6. The fourth-order valence-corrected chi connectivity index (χ4v) is 1.78. The zero-order valence-electron chi connectivity index (χ0n) is 12.2. The van der Waals surface area contributed by atoms with Crippen LogP contribution in [0.5, 0.6) is 0 Å². The molecule has 0 aliphatic rings. The molecule has 1 atom stereocenters. The molecular formula is C14H25N3O. The molecule has 0 bridgehead atoms. The van der Waals surface area contributed by atoms with Gasteiger partial charge in [0.1, 0.15) is 11.4 Å². The molecule has 0 saturated carbocycles. The zero-order valence-corrected chi connectivity index (χ0v) is 12.2. The van der Waals surface area contributed by atoms with Crippen LogP contribution < -0.4 is 5.32 Å². The van der Waals surface area contributed by atoms with E-state index in [1.165, 1.54) is 0 Å². The topological polar surface area (TPSA) is 47.0 Å². The lowest BCUT2D eigenvalue weighted by Crippen LogP contribution is -2.27. The van der Waals surface area contributed by atoms with Crippen LogP contribution in [-0.2, 0) is 16.8 Å². The molecule has 1 unspecified atom stereocenters. The molecular weight excluding hydrogens is 226 g/mol. The van der Waals surface area contributed by atoms with Gasteiger partial charge in [-0.3, -0.25) is 0 Å². The molecule has 102 valence electrons. The fourth-order valence-electron chi connectivity index (χ4n) is 1.78. The SMILES string of the molecule is CCCc1cc(NCC)nc(C(C)(CC)OC)n1. The molecule has 0 spiro atoms. The minimum absolute atomic E-state index is 0.409. The van der Waals surface area contributed by atoms with Crippen LogP contribution >= 0.6 is 0 Å². The van der Waals surface area contributed by atoms with Gasteiger partial charge in [0.15, 0.2) is 5.82 Å². The molecule has 1 N–H and O–H groups in total. The van der Waals surface area contributed by atoms with Crippen LogP contribution in [-0.4, -0.2) is 23.6 Å². The highest BCUT2D eigenvalue weighted by molar-refractivity contribution is 5.36. The lowest BCUT2D eigenvalue weighted by molar-refractivity contribution is -0.00903. The van der Waals surface area contributed by atoms with E-state index in [9.17, 15) is 0 Å². The van der Waals surface area contributed by atoms with Crippen molar-refractivity contribution in [1.29, 1.82) is 0 Å². The average Bonchev–Trinajstić information content (AvgIpc) is 2.38. The van der Waals surface area contributed by atoms with E-state index in [-0.39, 0.29) is 0 Å². The van der Waals surface area contributed by atoms with Gasteiger partial charge < -0.3 is 10.1 Å². The largest absolute Gasteiger partial charge is 0.371 e. The summed E-state index contributed by atoms with van der Waals surface area (Å²) in [5, 5.41) is 3.26. The summed E-state index contributed by atoms with van der Waals surface area (Å²) in [6, 6.07) is 2.03. The van der Waals surface area contributed by atoms with Crippen LogP contribution in [0.4, 0.5) is 5.82 Å². The minimum Gasteiger partial charge on any atom is -0.371 e. The summed E-state index contributed by atoms with van der Waals surface area (Å²) >= 11 is 0. The first-order valence-electron chi connectivity index (χ1n) is 6.77. The van der Waals surface area contributed by atoms with Crippen LogP contribution in [0, 0.1) is 0 Å². The number of nitrogens with one attached hydrogen (secondary N) is 1. The van der Waals surface area contributed by atoms with Crippen molar-refractivity contribution >= 4 is 5.82 Å². The third-order valence-electron chi connectivity index (χ3n) is 3.24. The second-order valence-corrected chi connectivity index (χ2v) is 4.64. The first-order chi connectivity index (χ1) is 8.59. The van der Waals surface area contributed by atoms with Crippen LogP contribution in [0.2, 0.25) is 0 Å². The second-order valence-electron chi connectivity index (χ2n) is 4.64. The summed E-state index contributed by atoms with van der Waals surface area (Å²) in [5.74, 6) is 1.66. The van der Waals surface area contributed by atoms with Gasteiger partial charge in [0.05, 0.1) is 0 Å². The van der Waals surface area contributed by atoms with E-state index < -0.39 is 5.60 Å². The molecule has 1 rings (SSSR count). The van der Waals surface area contributed by atoms with Crippen LogP contribution in [0.1, 0.15) is 52.1 Å². The molecule has 18 heavy (non-hydrogen) atoms. The van der Waals surface area contributed by atoms with Crippen molar-refractivity contribution in [1.82, 2.24) is 9.97 Å². The Morgan fingerprint density at radius 1 is 1.28 bits per heavy atom. The van der Waals surface area contributed by atoms with E-state index >= 15 is 0 Å². The van der Waals surface area contributed by atoms with Gasteiger partial charge in [-0.25, -0.2) is 9.97 Å². The van der Waals surface area contributed by atoms with Gasteiger partial charge in [0.2, 0.25) is 0 Å². The van der Waals surface area contributed by atoms with Gasteiger partial charge in [0, 0.05) is 25.4 Å². The summed E-state index contributed by atoms with van der Waals surface area (Å²) in [6.45, 7) is 9.21. The molecule has 0 amide bonds. The van der Waals surface area contributed by atoms with Crippen molar-refractivity contribution in [3.8, 4) is 0 Å². The molecule has 0 aliphatic heterocycles. The maximum atomic E-state index is 5.59. The van der Waals surface area contributed by atoms with Crippen molar-refractivity contribution in [3.05, 3.63) is 17.6 Å². The molecule has 1 aromatic heterocycles. The van der Waals surface area contributed by atoms with E-state index in [4.69, 9.17) is 4.74 Å². The van der Waals surface area contributed by atoms with Gasteiger partial charge in [-0.15, -0.1) is 0 Å². The Labute approximate surface area is 110 Å². The second kappa shape index (κ2) is 6.69. The number of aromatic nitrogens is 2. The van der Waals surface area contributed by atoms with Crippen LogP contribution in [0.3, 0.4) is 0 Å². The van der Waals surface area contributed by atoms with E-state index in [1.54, 1.807) is 7.11 Å². The average molecular weight is 251 g/mol. The molecule has 4 heteroatoms. The monoisotopic (exact) mass is 251 g/mol. The molecule has 1 heterocycles. The number of rotatable bonds is 7. The van der Waals surface area contributed by atoms with Crippen molar-refractivity contribution < 1.29 is 4.74 Å². The highest BCUT2D eigenvalue weighted by atomic mass is 16.5. The Bertz CT molecular complexity index is 351. The quantitative estimate of drug-likeness (QED) is 0.808. The first kappa shape index (κ1) is 14.9. The lowest BCUT2D eigenvalue weighted by Gasteiger charge is -2.25. The number of anilines is 1. The predicted octanol–water partition coefficient (Wildman–Crippen LogP) is 3.13. The third kappa shape index (κ3) is 3.42. The van der Waals surface area contributed by atoms with Gasteiger partial charge in [-0.05, 0) is 26.7 Å². The molecule has 4 nitrogen and oxygen atoms in total. The van der Waals surface area contributed by atoms with E-state index in [2.05, 4.69) is 36.1 Å². The Morgan fingerprint density at radius 2 is 2.00 bits per heavy atom. The van der Waals surface area contributed by atoms with Crippen molar-refractivity contribution in [2.75, 3.05) is 19.0 Å². The van der Waals surface area contributed by atoms with E-state index in [0.717, 1.165) is 43.1 Å². The smallest absolute Gasteiger partial charge is 0.162 e. The summed E-state index contributed by atoms with van der Waals surface area (Å²) in [6.07, 6.45) is 2.90. The Balaban J connectivity index is 3.16. The van der Waals surface area contributed by atoms with Crippen molar-refractivity contribution in [3.63, 3.8) is 0 Å². The summed E-state index contributed by atoms with van der Waals surface area (Å²) < 4.78 is 5.59. The maximum Gasteiger partial charge on any atom is 0.162 e. The lowest BCUT2D eigenvalue weighted by atomic mass is 10.0. The van der Waals surface area contributed by atoms with Gasteiger partial charge in [-0.1, -0.05) is 20.3 Å². The number of ether oxygens (including phenoxy) is 1. The van der Waals surface area contributed by atoms with Crippen molar-refractivity contribution in [2.45, 2.75) is 52.6 Å². The third-order valence-corrected chi connectivity index (χ3v) is 3.24. The Hall–Kier alpha value is -1.16. The highest BCUT2D eigenvalue weighted by Gasteiger charge is 2.28. The Kier molecular flexibility index (Phi) is 5.54. The van der Waals surface area contributed by atoms with Gasteiger partial charge >= 0.3 is 0 Å². The minimum atomic E-state index is -0.409. The number of methoxy groups -OCH3 is 1. The molecule has 0 radical (unpaired) electrons.